The minimum atomic E-state index is -2.73. The molecule has 11 heteroatoms. The Hall–Kier alpha value is -3.70. The number of aryl methyl sites for hydroxylation is 1. The number of thiazole rings is 1. The molecule has 0 aliphatic carbocycles. The lowest BCUT2D eigenvalue weighted by Gasteiger charge is -2.19. The van der Waals surface area contributed by atoms with E-state index in [0.717, 1.165) is 27.2 Å². The Kier molecular flexibility index (Phi) is 7.47. The summed E-state index contributed by atoms with van der Waals surface area (Å²) in [5.41, 5.74) is 3.49. The fourth-order valence-corrected chi connectivity index (χ4v) is 4.81. The zero-order chi connectivity index (χ0) is 24.9. The number of carbonyl (C=O) groups is 2. The van der Waals surface area contributed by atoms with Crippen molar-refractivity contribution in [1.29, 1.82) is 0 Å². The molecule has 2 aromatic carbocycles. The minimum absolute atomic E-state index is 0.0538. The Bertz CT molecular complexity index is 1430. The van der Waals surface area contributed by atoms with Gasteiger partial charge in [-0.2, -0.15) is 0 Å². The number of amides is 1. The van der Waals surface area contributed by atoms with E-state index >= 15 is 0 Å². The van der Waals surface area contributed by atoms with Crippen LogP contribution in [0.3, 0.4) is 0 Å². The summed E-state index contributed by atoms with van der Waals surface area (Å²) in [5, 5.41) is 9.78. The summed E-state index contributed by atoms with van der Waals surface area (Å²) < 4.78 is 24.2. The van der Waals surface area contributed by atoms with Gasteiger partial charge in [0.1, 0.15) is 11.6 Å². The van der Waals surface area contributed by atoms with Crippen LogP contribution in [0.4, 0.5) is 11.5 Å². The fraction of sp³-hybridized carbons (Fsp3) is 0.208. The molecule has 0 spiro atoms. The van der Waals surface area contributed by atoms with Gasteiger partial charge in [0.15, 0.2) is 0 Å². The van der Waals surface area contributed by atoms with Gasteiger partial charge in [-0.1, -0.05) is 30.3 Å². The van der Waals surface area contributed by atoms with Crippen molar-refractivity contribution >= 4 is 56.3 Å². The number of ketones is 1. The van der Waals surface area contributed by atoms with Crippen LogP contribution in [-0.4, -0.2) is 36.6 Å². The number of aromatic amines is 1. The number of hydrogen-bond acceptors (Lipinski definition) is 7. The average molecular weight is 512 g/mol. The first-order valence-electron chi connectivity index (χ1n) is 10.9. The number of carbonyl (C=O) groups excluding carboxylic acids is 2. The summed E-state index contributed by atoms with van der Waals surface area (Å²) >= 11 is 1.53. The van der Waals surface area contributed by atoms with Crippen LogP contribution in [0.5, 0.6) is 0 Å². The molecule has 0 bridgehead atoms. The quantitative estimate of drug-likeness (QED) is 0.207. The molecule has 2 aromatic heterocycles. The maximum atomic E-state index is 13.1. The standard InChI is InChI=1S/C24H25N5O4S2/c1-14(30)12-25-24(31)22-18-5-3-4-6-19(18)27-23(22)28-20(21-13-34-15(2)26-21)11-16-7-9-17(10-8-16)29-35(32)33/h3-10,13,20,27-28,35H,11-12H2,1-2H3,(H,25,31)(H,29,32,33)/t20-/m0/s1. The second kappa shape index (κ2) is 10.7. The molecule has 9 nitrogen and oxygen atoms in total. The first-order valence-corrected chi connectivity index (χ1v) is 12.9. The Morgan fingerprint density at radius 1 is 1.11 bits per heavy atom. The van der Waals surface area contributed by atoms with E-state index in [9.17, 15) is 18.0 Å². The highest BCUT2D eigenvalue weighted by molar-refractivity contribution is 7.73. The summed E-state index contributed by atoms with van der Waals surface area (Å²) in [6.45, 7) is 3.30. The second-order valence-corrected chi connectivity index (χ2v) is 9.86. The van der Waals surface area contributed by atoms with Crippen LogP contribution in [0, 0.1) is 6.92 Å². The van der Waals surface area contributed by atoms with Crippen molar-refractivity contribution in [3.63, 3.8) is 0 Å². The van der Waals surface area contributed by atoms with E-state index in [0.29, 0.717) is 23.5 Å². The first-order chi connectivity index (χ1) is 16.8. The van der Waals surface area contributed by atoms with Crippen LogP contribution in [-0.2, 0) is 22.1 Å². The van der Waals surface area contributed by atoms with Crippen LogP contribution >= 0.6 is 11.3 Å². The molecular weight excluding hydrogens is 486 g/mol. The topological polar surface area (TPSA) is 133 Å². The zero-order valence-electron chi connectivity index (χ0n) is 19.1. The fourth-order valence-electron chi connectivity index (χ4n) is 3.78. The summed E-state index contributed by atoms with van der Waals surface area (Å²) in [7, 11) is -2.73. The lowest BCUT2D eigenvalue weighted by atomic mass is 10.0. The van der Waals surface area contributed by atoms with Gasteiger partial charge < -0.3 is 15.6 Å². The largest absolute Gasteiger partial charge is 0.362 e. The van der Waals surface area contributed by atoms with Crippen molar-refractivity contribution < 1.29 is 18.0 Å². The van der Waals surface area contributed by atoms with Crippen molar-refractivity contribution in [2.24, 2.45) is 0 Å². The smallest absolute Gasteiger partial charge is 0.256 e. The highest BCUT2D eigenvalue weighted by Crippen LogP contribution is 2.31. The van der Waals surface area contributed by atoms with Crippen molar-refractivity contribution in [2.45, 2.75) is 26.3 Å². The van der Waals surface area contributed by atoms with Crippen molar-refractivity contribution in [2.75, 3.05) is 16.6 Å². The number of para-hydroxylation sites is 1. The molecule has 1 atom stereocenters. The molecule has 182 valence electrons. The highest BCUT2D eigenvalue weighted by atomic mass is 32.2. The van der Waals surface area contributed by atoms with Gasteiger partial charge in [-0.25, -0.2) is 13.4 Å². The lowest BCUT2D eigenvalue weighted by molar-refractivity contribution is -0.116. The van der Waals surface area contributed by atoms with Crippen LogP contribution in [0.1, 0.15) is 39.6 Å². The summed E-state index contributed by atoms with van der Waals surface area (Å²) in [6, 6.07) is 14.3. The van der Waals surface area contributed by atoms with Gasteiger partial charge >= 0.3 is 0 Å². The lowest BCUT2D eigenvalue weighted by Crippen LogP contribution is -2.29. The predicted molar refractivity (Wildman–Crippen MR) is 139 cm³/mol. The molecule has 0 saturated carbocycles. The molecule has 4 aromatic rings. The first kappa shape index (κ1) is 24.4. The molecule has 0 unspecified atom stereocenters. The molecule has 0 fully saturated rings. The van der Waals surface area contributed by atoms with Crippen LogP contribution in [0.15, 0.2) is 53.9 Å². The maximum Gasteiger partial charge on any atom is 0.256 e. The number of H-pyrrole nitrogens is 1. The number of fused-ring (bicyclic) bond motifs is 1. The van der Waals surface area contributed by atoms with E-state index in [-0.39, 0.29) is 24.3 Å². The minimum Gasteiger partial charge on any atom is -0.362 e. The number of rotatable bonds is 10. The molecule has 4 rings (SSSR count). The Morgan fingerprint density at radius 2 is 1.86 bits per heavy atom. The molecule has 35 heavy (non-hydrogen) atoms. The van der Waals surface area contributed by atoms with Gasteiger partial charge in [-0.05, 0) is 44.0 Å². The van der Waals surface area contributed by atoms with Crippen LogP contribution < -0.4 is 15.4 Å². The maximum absolute atomic E-state index is 13.1. The molecule has 4 N–H and O–H groups in total. The van der Waals surface area contributed by atoms with E-state index in [1.807, 2.05) is 48.7 Å². The number of anilines is 2. The third kappa shape index (κ3) is 6.06. The van der Waals surface area contributed by atoms with E-state index in [4.69, 9.17) is 0 Å². The Labute approximate surface area is 208 Å². The number of aromatic nitrogens is 2. The third-order valence-electron chi connectivity index (χ3n) is 5.36. The van der Waals surface area contributed by atoms with E-state index in [1.165, 1.54) is 18.3 Å². The molecular formula is C24H25N5O4S2. The number of nitrogens with zero attached hydrogens (tertiary/aromatic N) is 1. The zero-order valence-corrected chi connectivity index (χ0v) is 20.8. The van der Waals surface area contributed by atoms with E-state index < -0.39 is 10.9 Å². The average Bonchev–Trinajstić information content (AvgIpc) is 3.41. The molecule has 0 aliphatic heterocycles. The monoisotopic (exact) mass is 511 g/mol. The Balaban J connectivity index is 1.68. The van der Waals surface area contributed by atoms with Crippen molar-refractivity contribution in [3.05, 3.63) is 75.7 Å². The van der Waals surface area contributed by atoms with Gasteiger partial charge in [0.2, 0.25) is 10.9 Å². The SMILES string of the molecule is CC(=O)CNC(=O)c1c(N[C@@H](Cc2ccc(N[SH](=O)=O)cc2)c2csc(C)n2)[nH]c2ccccc12. The summed E-state index contributed by atoms with van der Waals surface area (Å²) in [5.74, 6) is 0.0445. The number of nitrogens with one attached hydrogen (secondary N) is 4. The number of hydrogen-bond donors (Lipinski definition) is 5. The summed E-state index contributed by atoms with van der Waals surface area (Å²) in [6.07, 6.45) is 0.539. The normalized spacial score (nSPS) is 12.0. The predicted octanol–water partition coefficient (Wildman–Crippen LogP) is 3.59. The van der Waals surface area contributed by atoms with Gasteiger partial charge in [0.05, 0.1) is 28.9 Å². The Morgan fingerprint density at radius 3 is 2.51 bits per heavy atom. The molecule has 1 amide bonds. The molecule has 0 radical (unpaired) electrons. The van der Waals surface area contributed by atoms with Gasteiger partial charge in [0, 0.05) is 22.0 Å². The molecule has 0 saturated heterocycles. The van der Waals surface area contributed by atoms with Crippen LogP contribution in [0.2, 0.25) is 0 Å². The number of thiol groups is 1. The molecule has 2 heterocycles. The highest BCUT2D eigenvalue weighted by Gasteiger charge is 2.23. The third-order valence-corrected chi connectivity index (χ3v) is 6.59. The van der Waals surface area contributed by atoms with Gasteiger partial charge in [0.25, 0.3) is 5.91 Å². The van der Waals surface area contributed by atoms with E-state index in [2.05, 4.69) is 25.3 Å². The van der Waals surface area contributed by atoms with Gasteiger partial charge in [-0.3, -0.25) is 14.3 Å². The summed E-state index contributed by atoms with van der Waals surface area (Å²) in [4.78, 5) is 32.4. The molecule has 0 aliphatic rings. The number of Topliss-reactive ketones (excluding diaryl/α,β-unsaturated/α-hetero) is 1. The van der Waals surface area contributed by atoms with Crippen molar-refractivity contribution in [1.82, 2.24) is 15.3 Å². The van der Waals surface area contributed by atoms with E-state index in [1.54, 1.807) is 12.1 Å². The van der Waals surface area contributed by atoms with Crippen molar-refractivity contribution in [3.8, 4) is 0 Å². The van der Waals surface area contributed by atoms with Crippen LogP contribution in [0.25, 0.3) is 10.9 Å². The van der Waals surface area contributed by atoms with Gasteiger partial charge in [-0.15, -0.1) is 11.3 Å². The second-order valence-electron chi connectivity index (χ2n) is 8.06. The number of benzene rings is 2.